The van der Waals surface area contributed by atoms with Crippen LogP contribution in [0.5, 0.6) is 0 Å². The van der Waals surface area contributed by atoms with Gasteiger partial charge in [0.15, 0.2) is 0 Å². The van der Waals surface area contributed by atoms with Crippen LogP contribution in [0.3, 0.4) is 0 Å². The normalized spacial score (nSPS) is 53.0. The van der Waals surface area contributed by atoms with Gasteiger partial charge in [0.25, 0.3) is 0 Å². The fraction of sp³-hybridized carbons (Fsp3) is 0.857. The van der Waals surface area contributed by atoms with E-state index < -0.39 is 0 Å². The molecule has 4 aliphatic carbocycles. The molecule has 1 N–H and O–H groups in total. The van der Waals surface area contributed by atoms with Crippen molar-refractivity contribution >= 4 is 5.97 Å². The maximum absolute atomic E-state index is 12.3. The van der Waals surface area contributed by atoms with Gasteiger partial charge in [-0.05, 0) is 74.0 Å². The molecule has 4 rings (SSSR count). The van der Waals surface area contributed by atoms with Crippen LogP contribution < -0.4 is 0 Å². The van der Waals surface area contributed by atoms with Gasteiger partial charge in [0.05, 0.1) is 19.1 Å². The molecular formula is C21H32O3. The summed E-state index contributed by atoms with van der Waals surface area (Å²) in [7, 11) is 1.52. The summed E-state index contributed by atoms with van der Waals surface area (Å²) < 4.78 is 5.10. The first kappa shape index (κ1) is 16.6. The predicted molar refractivity (Wildman–Crippen MR) is 93.1 cm³/mol. The first-order chi connectivity index (χ1) is 11.4. The van der Waals surface area contributed by atoms with Gasteiger partial charge >= 0.3 is 5.97 Å². The molecule has 0 aliphatic heterocycles. The number of allylic oxidation sites excluding steroid dienone is 2. The van der Waals surface area contributed by atoms with Gasteiger partial charge in [-0.1, -0.05) is 26.0 Å². The molecule has 134 valence electrons. The highest BCUT2D eigenvalue weighted by atomic mass is 16.5. The van der Waals surface area contributed by atoms with Crippen LogP contribution in [0.2, 0.25) is 0 Å². The lowest BCUT2D eigenvalue weighted by Gasteiger charge is -2.58. The van der Waals surface area contributed by atoms with Crippen LogP contribution >= 0.6 is 0 Å². The van der Waals surface area contributed by atoms with Crippen LogP contribution in [0.15, 0.2) is 12.2 Å². The Morgan fingerprint density at radius 1 is 1.17 bits per heavy atom. The van der Waals surface area contributed by atoms with Gasteiger partial charge in [-0.2, -0.15) is 0 Å². The molecule has 0 aromatic heterocycles. The Balaban J connectivity index is 1.66. The summed E-state index contributed by atoms with van der Waals surface area (Å²) >= 11 is 0. The number of esters is 1. The molecule has 24 heavy (non-hydrogen) atoms. The minimum Gasteiger partial charge on any atom is -0.469 e. The van der Waals surface area contributed by atoms with Crippen molar-refractivity contribution in [3.05, 3.63) is 12.2 Å². The van der Waals surface area contributed by atoms with E-state index in [-0.39, 0.29) is 23.4 Å². The van der Waals surface area contributed by atoms with E-state index in [4.69, 9.17) is 4.74 Å². The smallest absolute Gasteiger partial charge is 0.309 e. The lowest BCUT2D eigenvalue weighted by Crippen LogP contribution is -2.52. The highest BCUT2D eigenvalue weighted by Gasteiger charge is 2.59. The quantitative estimate of drug-likeness (QED) is 0.584. The van der Waals surface area contributed by atoms with E-state index >= 15 is 0 Å². The van der Waals surface area contributed by atoms with E-state index in [2.05, 4.69) is 26.0 Å². The maximum atomic E-state index is 12.3. The van der Waals surface area contributed by atoms with Crippen LogP contribution in [0.25, 0.3) is 0 Å². The summed E-state index contributed by atoms with van der Waals surface area (Å²) in [5, 5.41) is 10.1. The second-order valence-electron chi connectivity index (χ2n) is 9.38. The van der Waals surface area contributed by atoms with Crippen LogP contribution in [-0.2, 0) is 9.53 Å². The first-order valence-electron chi connectivity index (χ1n) is 9.85. The van der Waals surface area contributed by atoms with Gasteiger partial charge in [0.1, 0.15) is 0 Å². The van der Waals surface area contributed by atoms with Crippen molar-refractivity contribution in [3.63, 3.8) is 0 Å². The lowest BCUT2D eigenvalue weighted by molar-refractivity contribution is -0.149. The van der Waals surface area contributed by atoms with Crippen molar-refractivity contribution < 1.29 is 14.6 Å². The Morgan fingerprint density at radius 3 is 2.71 bits per heavy atom. The van der Waals surface area contributed by atoms with E-state index in [1.807, 2.05) is 0 Å². The fourth-order valence-corrected chi connectivity index (χ4v) is 7.13. The Labute approximate surface area is 145 Å². The number of carbonyl (C=O) groups excluding carboxylic acids is 1. The fourth-order valence-electron chi connectivity index (χ4n) is 7.13. The van der Waals surface area contributed by atoms with Crippen molar-refractivity contribution in [3.8, 4) is 0 Å². The number of hydrogen-bond acceptors (Lipinski definition) is 3. The van der Waals surface area contributed by atoms with Crippen molar-refractivity contribution in [2.24, 2.45) is 40.4 Å². The van der Waals surface area contributed by atoms with Gasteiger partial charge in [0.2, 0.25) is 0 Å². The second kappa shape index (κ2) is 5.59. The standard InChI is InChI=1S/C21H32O3/c1-20-10-8-14(22)12-13(20)4-5-15-16-6-7-18(19(23)24-3)21(16,2)11-9-17(15)20/h9,11,13-18,22H,4-8,10,12H2,1-3H3/t13-,14+,15-,16-,17-,18+,20-,21-/m0/s1. The van der Waals surface area contributed by atoms with Crippen LogP contribution in [-0.4, -0.2) is 24.3 Å². The van der Waals surface area contributed by atoms with Crippen molar-refractivity contribution in [2.75, 3.05) is 7.11 Å². The molecule has 0 bridgehead atoms. The average Bonchev–Trinajstić information content (AvgIpc) is 2.92. The number of ether oxygens (including phenoxy) is 1. The minimum absolute atomic E-state index is 0.0222. The summed E-state index contributed by atoms with van der Waals surface area (Å²) in [6, 6.07) is 0. The molecule has 3 fully saturated rings. The maximum Gasteiger partial charge on any atom is 0.309 e. The summed E-state index contributed by atoms with van der Waals surface area (Å²) in [5.41, 5.74) is 0.314. The number of rotatable bonds is 1. The highest BCUT2D eigenvalue weighted by Crippen LogP contribution is 2.65. The molecule has 4 aliphatic rings. The minimum atomic E-state index is -0.0901. The number of carbonyl (C=O) groups is 1. The van der Waals surface area contributed by atoms with Gasteiger partial charge in [-0.25, -0.2) is 0 Å². The molecule has 0 amide bonds. The molecule has 0 radical (unpaired) electrons. The molecule has 0 unspecified atom stereocenters. The van der Waals surface area contributed by atoms with E-state index in [1.165, 1.54) is 20.0 Å². The van der Waals surface area contributed by atoms with Crippen LogP contribution in [0.4, 0.5) is 0 Å². The summed E-state index contributed by atoms with van der Waals surface area (Å²) in [4.78, 5) is 12.3. The van der Waals surface area contributed by atoms with E-state index in [0.717, 1.165) is 32.1 Å². The zero-order chi connectivity index (χ0) is 17.1. The SMILES string of the molecule is COC(=O)[C@H]1CC[C@H]2[C@@H]3CC[C@H]4C[C@H](O)CC[C@]4(C)[C@H]3C=C[C@]12C. The molecule has 3 saturated carbocycles. The summed E-state index contributed by atoms with van der Waals surface area (Å²) in [6.45, 7) is 4.76. The van der Waals surface area contributed by atoms with Gasteiger partial charge in [-0.15, -0.1) is 0 Å². The van der Waals surface area contributed by atoms with E-state index in [0.29, 0.717) is 29.1 Å². The zero-order valence-electron chi connectivity index (χ0n) is 15.3. The van der Waals surface area contributed by atoms with Gasteiger partial charge < -0.3 is 9.84 Å². The Bertz CT molecular complexity index is 555. The number of aliphatic hydroxyl groups excluding tert-OH is 1. The van der Waals surface area contributed by atoms with Crippen LogP contribution in [0.1, 0.15) is 58.8 Å². The molecule has 8 atom stereocenters. The molecule has 0 heterocycles. The molecular weight excluding hydrogens is 300 g/mol. The Hall–Kier alpha value is -0.830. The van der Waals surface area contributed by atoms with Gasteiger partial charge in [-0.3, -0.25) is 4.79 Å². The highest BCUT2D eigenvalue weighted by molar-refractivity contribution is 5.74. The molecule has 3 nitrogen and oxygen atoms in total. The van der Waals surface area contributed by atoms with Crippen molar-refractivity contribution in [1.29, 1.82) is 0 Å². The third kappa shape index (κ3) is 2.16. The summed E-state index contributed by atoms with van der Waals surface area (Å²) in [6.07, 6.45) is 12.5. The summed E-state index contributed by atoms with van der Waals surface area (Å²) in [5.74, 6) is 2.60. The monoisotopic (exact) mass is 332 g/mol. The lowest BCUT2D eigenvalue weighted by atomic mass is 9.47. The zero-order valence-corrected chi connectivity index (χ0v) is 15.3. The molecule has 3 heteroatoms. The van der Waals surface area contributed by atoms with Crippen LogP contribution in [0, 0.1) is 40.4 Å². The molecule has 0 saturated heterocycles. The largest absolute Gasteiger partial charge is 0.469 e. The number of hydrogen-bond donors (Lipinski definition) is 1. The second-order valence-corrected chi connectivity index (χ2v) is 9.38. The van der Waals surface area contributed by atoms with Crippen molar-refractivity contribution in [1.82, 2.24) is 0 Å². The predicted octanol–water partition coefficient (Wildman–Crippen LogP) is 3.96. The molecule has 0 aromatic rings. The van der Waals surface area contributed by atoms with Gasteiger partial charge in [0, 0.05) is 5.41 Å². The van der Waals surface area contributed by atoms with Crippen molar-refractivity contribution in [2.45, 2.75) is 64.9 Å². The topological polar surface area (TPSA) is 46.5 Å². The molecule has 0 aromatic carbocycles. The Kier molecular flexibility index (Phi) is 3.87. The third-order valence-corrected chi connectivity index (χ3v) is 8.56. The number of fused-ring (bicyclic) bond motifs is 5. The van der Waals surface area contributed by atoms with E-state index in [9.17, 15) is 9.90 Å². The average molecular weight is 332 g/mol. The molecule has 0 spiro atoms. The third-order valence-electron chi connectivity index (χ3n) is 8.56. The number of aliphatic hydroxyl groups is 1. The first-order valence-corrected chi connectivity index (χ1v) is 9.85. The number of methoxy groups -OCH3 is 1. The van der Waals surface area contributed by atoms with E-state index in [1.54, 1.807) is 0 Å². The Morgan fingerprint density at radius 2 is 1.96 bits per heavy atom.